The Morgan fingerprint density at radius 2 is 1.64 bits per heavy atom. The molecule has 8 nitrogen and oxygen atoms in total. The second-order valence-electron chi connectivity index (χ2n) is 10.1. The average Bonchev–Trinajstić information content (AvgIpc) is 3.27. The minimum atomic E-state index is -0.239. The average molecular weight is 679 g/mol. The van der Waals surface area contributed by atoms with E-state index in [2.05, 4.69) is 33.2 Å². The zero-order valence-corrected chi connectivity index (χ0v) is 26.4. The van der Waals surface area contributed by atoms with E-state index in [1.54, 1.807) is 17.8 Å². The number of alkyl halides is 1. The number of aromatic nitrogens is 1. The third kappa shape index (κ3) is 7.39. The van der Waals surface area contributed by atoms with Gasteiger partial charge in [0.25, 0.3) is 5.91 Å². The molecule has 218 valence electrons. The fraction of sp³-hybridized carbons (Fsp3) is 0.242. The van der Waals surface area contributed by atoms with Gasteiger partial charge in [0.1, 0.15) is 5.75 Å². The summed E-state index contributed by atoms with van der Waals surface area (Å²) in [6.07, 6.45) is 3.31. The number of halogens is 1. The van der Waals surface area contributed by atoms with E-state index in [1.165, 1.54) is 6.08 Å². The van der Waals surface area contributed by atoms with Crippen LogP contribution in [0.15, 0.2) is 72.8 Å². The number of hydrogen-bond donors (Lipinski definition) is 2. The molecule has 2 N–H and O–H groups in total. The van der Waals surface area contributed by atoms with Gasteiger partial charge in [-0.3, -0.25) is 19.0 Å². The molecular weight excluding hydrogens is 643 g/mol. The Morgan fingerprint density at radius 3 is 2.29 bits per heavy atom. The van der Waals surface area contributed by atoms with E-state index in [9.17, 15) is 14.4 Å². The Labute approximate surface area is 259 Å². The van der Waals surface area contributed by atoms with Crippen molar-refractivity contribution < 1.29 is 19.1 Å². The van der Waals surface area contributed by atoms with Crippen LogP contribution in [0.2, 0.25) is 0 Å². The van der Waals surface area contributed by atoms with Crippen LogP contribution in [0.4, 0.5) is 5.69 Å². The summed E-state index contributed by atoms with van der Waals surface area (Å²) in [4.78, 5) is 40.8. The fourth-order valence-electron chi connectivity index (χ4n) is 4.66. The Kier molecular flexibility index (Phi) is 10.4. The fourth-order valence-corrected chi connectivity index (χ4v) is 5.17. The van der Waals surface area contributed by atoms with Gasteiger partial charge in [-0.1, -0.05) is 46.9 Å². The number of carbonyl (C=O) groups excluding carboxylic acids is 3. The van der Waals surface area contributed by atoms with Crippen molar-refractivity contribution >= 4 is 63.0 Å². The summed E-state index contributed by atoms with van der Waals surface area (Å²) in [5, 5.41) is 6.45. The van der Waals surface area contributed by atoms with Crippen molar-refractivity contribution in [2.24, 2.45) is 0 Å². The molecule has 0 unspecified atom stereocenters. The van der Waals surface area contributed by atoms with Crippen molar-refractivity contribution in [3.8, 4) is 5.75 Å². The summed E-state index contributed by atoms with van der Waals surface area (Å²) in [5.41, 5.74) is 5.90. The standard InChI is InChI=1S/C33H35IN4O4/c1-22-28(20-32(40)36-18-17-35-31(39)16-9-23-7-12-26(13-8-23)37(2)3)29-19-27(42-4)14-15-30(29)38(22)33(41)25-10-5-24(21-34)6-11-25/h5-16,19H,17-18,20-21H2,1-4H3,(H,35,39)(H,36,40)/b16-9+. The molecule has 9 heteroatoms. The van der Waals surface area contributed by atoms with E-state index in [0.29, 0.717) is 17.0 Å². The number of carbonyl (C=O) groups is 3. The normalized spacial score (nSPS) is 11.1. The first-order valence-electron chi connectivity index (χ1n) is 13.6. The van der Waals surface area contributed by atoms with Gasteiger partial charge in [0.2, 0.25) is 11.8 Å². The van der Waals surface area contributed by atoms with Crippen LogP contribution in [0.1, 0.15) is 32.7 Å². The molecule has 0 fully saturated rings. The molecule has 0 aliphatic carbocycles. The summed E-state index contributed by atoms with van der Waals surface area (Å²) in [6, 6.07) is 21.0. The summed E-state index contributed by atoms with van der Waals surface area (Å²) in [7, 11) is 5.53. The summed E-state index contributed by atoms with van der Waals surface area (Å²) in [6.45, 7) is 2.42. The van der Waals surface area contributed by atoms with Crippen LogP contribution in [-0.2, 0) is 20.4 Å². The van der Waals surface area contributed by atoms with Gasteiger partial charge in [0, 0.05) is 60.0 Å². The number of anilines is 1. The molecule has 42 heavy (non-hydrogen) atoms. The number of fused-ring (bicyclic) bond motifs is 1. The first-order valence-corrected chi connectivity index (χ1v) is 15.1. The van der Waals surface area contributed by atoms with Crippen LogP contribution in [0.5, 0.6) is 5.75 Å². The number of methoxy groups -OCH3 is 1. The van der Waals surface area contributed by atoms with Gasteiger partial charge >= 0.3 is 0 Å². The minimum absolute atomic E-state index is 0.0837. The molecule has 0 radical (unpaired) electrons. The van der Waals surface area contributed by atoms with Gasteiger partial charge in [-0.25, -0.2) is 0 Å². The van der Waals surface area contributed by atoms with Crippen LogP contribution in [0.3, 0.4) is 0 Å². The molecule has 0 saturated carbocycles. The number of hydrogen-bond acceptors (Lipinski definition) is 5. The monoisotopic (exact) mass is 678 g/mol. The molecule has 3 aromatic carbocycles. The van der Waals surface area contributed by atoms with Gasteiger partial charge in [0.05, 0.1) is 19.0 Å². The van der Waals surface area contributed by atoms with E-state index in [0.717, 1.165) is 37.7 Å². The van der Waals surface area contributed by atoms with Gasteiger partial charge in [-0.2, -0.15) is 0 Å². The minimum Gasteiger partial charge on any atom is -0.497 e. The van der Waals surface area contributed by atoms with E-state index < -0.39 is 0 Å². The van der Waals surface area contributed by atoms with E-state index >= 15 is 0 Å². The third-order valence-electron chi connectivity index (χ3n) is 7.02. The van der Waals surface area contributed by atoms with Crippen LogP contribution < -0.4 is 20.3 Å². The molecule has 4 rings (SSSR count). The van der Waals surface area contributed by atoms with Crippen molar-refractivity contribution in [2.45, 2.75) is 17.8 Å². The number of rotatable bonds is 11. The zero-order valence-electron chi connectivity index (χ0n) is 24.2. The molecule has 0 aliphatic heterocycles. The van der Waals surface area contributed by atoms with Crippen LogP contribution in [-0.4, -0.2) is 56.6 Å². The lowest BCUT2D eigenvalue weighted by Gasteiger charge is -2.11. The van der Waals surface area contributed by atoms with E-state index in [1.807, 2.05) is 92.6 Å². The zero-order chi connectivity index (χ0) is 30.2. The lowest BCUT2D eigenvalue weighted by atomic mass is 10.1. The van der Waals surface area contributed by atoms with E-state index in [-0.39, 0.29) is 37.2 Å². The number of amides is 2. The van der Waals surface area contributed by atoms with Gasteiger partial charge in [-0.15, -0.1) is 0 Å². The molecule has 2 amide bonds. The van der Waals surface area contributed by atoms with Crippen molar-refractivity contribution in [3.05, 3.63) is 101 Å². The Morgan fingerprint density at radius 1 is 0.952 bits per heavy atom. The van der Waals surface area contributed by atoms with Crippen LogP contribution in [0.25, 0.3) is 17.0 Å². The summed E-state index contributed by atoms with van der Waals surface area (Å²) < 4.78 is 7.95. The first kappa shape index (κ1) is 30.8. The molecule has 4 aromatic rings. The van der Waals surface area contributed by atoms with Crippen molar-refractivity contribution in [2.75, 3.05) is 39.2 Å². The highest BCUT2D eigenvalue weighted by molar-refractivity contribution is 14.1. The highest BCUT2D eigenvalue weighted by Gasteiger charge is 2.22. The Balaban J connectivity index is 1.40. The van der Waals surface area contributed by atoms with Gasteiger partial charge < -0.3 is 20.3 Å². The first-order chi connectivity index (χ1) is 20.2. The van der Waals surface area contributed by atoms with Crippen molar-refractivity contribution in [3.63, 3.8) is 0 Å². The number of benzene rings is 3. The smallest absolute Gasteiger partial charge is 0.262 e. The third-order valence-corrected chi connectivity index (χ3v) is 7.90. The molecule has 0 bridgehead atoms. The highest BCUT2D eigenvalue weighted by Crippen LogP contribution is 2.31. The molecule has 0 atom stereocenters. The molecule has 0 spiro atoms. The lowest BCUT2D eigenvalue weighted by molar-refractivity contribution is -0.121. The second-order valence-corrected chi connectivity index (χ2v) is 10.8. The number of nitrogens with zero attached hydrogens (tertiary/aromatic N) is 2. The highest BCUT2D eigenvalue weighted by atomic mass is 127. The number of nitrogens with one attached hydrogen (secondary N) is 2. The predicted octanol–water partition coefficient (Wildman–Crippen LogP) is 5.14. The van der Waals surface area contributed by atoms with Gasteiger partial charge in [-0.05, 0) is 72.2 Å². The van der Waals surface area contributed by atoms with Crippen LogP contribution in [0, 0.1) is 6.92 Å². The molecular formula is C33H35IN4O4. The van der Waals surface area contributed by atoms with Crippen LogP contribution >= 0.6 is 22.6 Å². The van der Waals surface area contributed by atoms with Crippen molar-refractivity contribution in [1.82, 2.24) is 15.2 Å². The molecule has 1 aromatic heterocycles. The summed E-state index contributed by atoms with van der Waals surface area (Å²) >= 11 is 2.29. The molecule has 1 heterocycles. The maximum atomic E-state index is 13.6. The Hall–Kier alpha value is -4.12. The molecule has 0 aliphatic rings. The van der Waals surface area contributed by atoms with Gasteiger partial charge in [0.15, 0.2) is 0 Å². The predicted molar refractivity (Wildman–Crippen MR) is 177 cm³/mol. The topological polar surface area (TPSA) is 92.7 Å². The SMILES string of the molecule is COc1ccc2c(c1)c(CC(=O)NCCNC(=O)/C=C/c1ccc(N(C)C)cc1)c(C)n2C(=O)c1ccc(CI)cc1. The van der Waals surface area contributed by atoms with E-state index in [4.69, 9.17) is 4.74 Å². The maximum Gasteiger partial charge on any atom is 0.262 e. The molecule has 0 saturated heterocycles. The largest absolute Gasteiger partial charge is 0.497 e. The quantitative estimate of drug-likeness (QED) is 0.0994. The lowest BCUT2D eigenvalue weighted by Crippen LogP contribution is -2.34. The Bertz CT molecular complexity index is 1610. The maximum absolute atomic E-state index is 13.6. The number of ether oxygens (including phenoxy) is 1. The van der Waals surface area contributed by atoms with Crippen molar-refractivity contribution in [1.29, 1.82) is 0 Å². The summed E-state index contributed by atoms with van der Waals surface area (Å²) in [5.74, 6) is 0.0462. The second kappa shape index (κ2) is 14.2.